The summed E-state index contributed by atoms with van der Waals surface area (Å²) in [6.45, 7) is 3.26. The van der Waals surface area contributed by atoms with Crippen LogP contribution in [0.2, 0.25) is 0 Å². The van der Waals surface area contributed by atoms with Gasteiger partial charge in [0.1, 0.15) is 6.54 Å². The van der Waals surface area contributed by atoms with Crippen LogP contribution in [0.25, 0.3) is 10.9 Å². The molecule has 2 aliphatic rings. The topological polar surface area (TPSA) is 109 Å². The fourth-order valence-corrected chi connectivity index (χ4v) is 5.07. The molecular weight excluding hydrogens is 410 g/mol. The first-order chi connectivity index (χ1) is 15.5. The van der Waals surface area contributed by atoms with E-state index in [4.69, 9.17) is 0 Å². The quantitative estimate of drug-likeness (QED) is 0.590. The first-order valence-corrected chi connectivity index (χ1v) is 10.9. The summed E-state index contributed by atoms with van der Waals surface area (Å²) in [5.74, 6) is 0.371. The van der Waals surface area contributed by atoms with Crippen molar-refractivity contribution < 1.29 is 4.79 Å². The number of fused-ring (bicyclic) bond motifs is 5. The summed E-state index contributed by atoms with van der Waals surface area (Å²) in [5.41, 5.74) is 0.548. The third kappa shape index (κ3) is 3.80. The second-order valence-electron chi connectivity index (χ2n) is 8.67. The van der Waals surface area contributed by atoms with E-state index in [9.17, 15) is 19.2 Å². The van der Waals surface area contributed by atoms with E-state index >= 15 is 0 Å². The zero-order valence-electron chi connectivity index (χ0n) is 17.6. The van der Waals surface area contributed by atoms with Crippen molar-refractivity contribution in [3.8, 4) is 0 Å². The van der Waals surface area contributed by atoms with E-state index in [1.807, 2.05) is 16.7 Å². The second kappa shape index (κ2) is 8.23. The van der Waals surface area contributed by atoms with Gasteiger partial charge in [-0.3, -0.25) is 19.0 Å². The van der Waals surface area contributed by atoms with Gasteiger partial charge in [-0.05, 0) is 30.5 Å². The summed E-state index contributed by atoms with van der Waals surface area (Å²) in [4.78, 5) is 54.3. The molecule has 32 heavy (non-hydrogen) atoms. The van der Waals surface area contributed by atoms with Gasteiger partial charge in [-0.1, -0.05) is 18.2 Å². The van der Waals surface area contributed by atoms with Crippen molar-refractivity contribution in [2.75, 3.05) is 26.2 Å². The summed E-state index contributed by atoms with van der Waals surface area (Å²) in [5, 5.41) is 3.20. The molecule has 0 spiro atoms. The molecule has 2 N–H and O–H groups in total. The van der Waals surface area contributed by atoms with Crippen LogP contribution in [0.4, 0.5) is 0 Å². The smallest absolute Gasteiger partial charge is 0.329 e. The first-order valence-electron chi connectivity index (χ1n) is 10.9. The van der Waals surface area contributed by atoms with Crippen molar-refractivity contribution >= 4 is 16.8 Å². The Kier molecular flexibility index (Phi) is 5.26. The van der Waals surface area contributed by atoms with Gasteiger partial charge in [0.15, 0.2) is 0 Å². The number of piperidine rings is 1. The van der Waals surface area contributed by atoms with Crippen LogP contribution < -0.4 is 22.1 Å². The fraction of sp³-hybridized carbons (Fsp3) is 0.391. The Morgan fingerprint density at radius 1 is 1.03 bits per heavy atom. The maximum atomic E-state index is 12.6. The number of pyridine rings is 1. The molecule has 3 aromatic rings. The molecule has 1 amide bonds. The third-order valence-electron chi connectivity index (χ3n) is 6.50. The zero-order valence-corrected chi connectivity index (χ0v) is 17.6. The highest BCUT2D eigenvalue weighted by Crippen LogP contribution is 2.34. The summed E-state index contributed by atoms with van der Waals surface area (Å²) in [7, 11) is 0. The Balaban J connectivity index is 1.20. The summed E-state index contributed by atoms with van der Waals surface area (Å²) in [6, 6.07) is 12.2. The predicted octanol–water partition coefficient (Wildman–Crippen LogP) is 0.0870. The molecule has 9 nitrogen and oxygen atoms in total. The van der Waals surface area contributed by atoms with Crippen LogP contribution in [-0.2, 0) is 17.9 Å². The number of rotatable bonds is 5. The summed E-state index contributed by atoms with van der Waals surface area (Å²) < 4.78 is 2.83. The Hall–Kier alpha value is -3.46. The van der Waals surface area contributed by atoms with Crippen LogP contribution in [0.15, 0.2) is 56.8 Å². The van der Waals surface area contributed by atoms with E-state index in [0.717, 1.165) is 36.3 Å². The lowest BCUT2D eigenvalue weighted by Gasteiger charge is -2.42. The second-order valence-corrected chi connectivity index (χ2v) is 8.67. The largest absolute Gasteiger partial charge is 0.353 e. The standard InChI is InChI=1S/C23H25N5O4/c29-20(14-28-22(31)17-4-1-2-5-18(17)25-23(28)32)24-8-9-26-11-15-10-16(13-26)19-6-3-7-21(30)27(19)12-15/h1-7,15-16H,8-14H2,(H,24,29)(H,25,32). The van der Waals surface area contributed by atoms with Crippen molar-refractivity contribution in [2.45, 2.75) is 25.4 Å². The van der Waals surface area contributed by atoms with Gasteiger partial charge < -0.3 is 19.8 Å². The van der Waals surface area contributed by atoms with Crippen LogP contribution in [0, 0.1) is 5.92 Å². The van der Waals surface area contributed by atoms with Gasteiger partial charge in [0, 0.05) is 50.4 Å². The maximum Gasteiger partial charge on any atom is 0.329 e. The lowest BCUT2D eigenvalue weighted by atomic mass is 9.83. The van der Waals surface area contributed by atoms with E-state index in [2.05, 4.69) is 15.2 Å². The van der Waals surface area contributed by atoms with E-state index < -0.39 is 11.2 Å². The molecule has 2 aliphatic heterocycles. The molecule has 0 saturated carbocycles. The number of nitrogens with zero attached hydrogens (tertiary/aromatic N) is 3. The molecule has 2 unspecified atom stereocenters. The summed E-state index contributed by atoms with van der Waals surface area (Å²) in [6.07, 6.45) is 1.08. The van der Waals surface area contributed by atoms with Gasteiger partial charge in [0.25, 0.3) is 11.1 Å². The minimum atomic E-state index is -0.596. The molecule has 1 saturated heterocycles. The van der Waals surface area contributed by atoms with Gasteiger partial charge in [-0.2, -0.15) is 0 Å². The lowest BCUT2D eigenvalue weighted by Crippen LogP contribution is -2.49. The molecule has 9 heteroatoms. The molecule has 2 aromatic heterocycles. The van der Waals surface area contributed by atoms with E-state index in [1.165, 1.54) is 0 Å². The number of amides is 1. The lowest BCUT2D eigenvalue weighted by molar-refractivity contribution is -0.121. The molecular formula is C23H25N5O4. The van der Waals surface area contributed by atoms with Crippen molar-refractivity contribution in [2.24, 2.45) is 5.92 Å². The minimum absolute atomic E-state index is 0.0665. The molecule has 0 aliphatic carbocycles. The van der Waals surface area contributed by atoms with Gasteiger partial charge in [-0.15, -0.1) is 0 Å². The minimum Gasteiger partial charge on any atom is -0.353 e. The van der Waals surface area contributed by atoms with Crippen molar-refractivity contribution in [1.29, 1.82) is 0 Å². The van der Waals surface area contributed by atoms with Crippen LogP contribution >= 0.6 is 0 Å². The van der Waals surface area contributed by atoms with Gasteiger partial charge in [-0.25, -0.2) is 4.79 Å². The number of benzene rings is 1. The molecule has 1 fully saturated rings. The molecule has 0 radical (unpaired) electrons. The molecule has 2 bridgehead atoms. The van der Waals surface area contributed by atoms with E-state index in [0.29, 0.717) is 35.8 Å². The monoisotopic (exact) mass is 435 g/mol. The third-order valence-corrected chi connectivity index (χ3v) is 6.50. The highest BCUT2D eigenvalue weighted by atomic mass is 16.2. The summed E-state index contributed by atoms with van der Waals surface area (Å²) >= 11 is 0. The number of carbonyl (C=O) groups excluding carboxylic acids is 1. The number of likely N-dealkylation sites (tertiary alicyclic amines) is 1. The van der Waals surface area contributed by atoms with Crippen LogP contribution in [0.5, 0.6) is 0 Å². The number of aromatic nitrogens is 3. The molecule has 5 rings (SSSR count). The van der Waals surface area contributed by atoms with Crippen molar-refractivity contribution in [1.82, 2.24) is 24.3 Å². The first kappa shape index (κ1) is 20.4. The van der Waals surface area contributed by atoms with Crippen LogP contribution in [-0.4, -0.2) is 51.1 Å². The number of H-pyrrole nitrogens is 1. The number of nitrogens with one attached hydrogen (secondary N) is 2. The Labute approximate surface area is 183 Å². The van der Waals surface area contributed by atoms with Crippen molar-refractivity contribution in [3.63, 3.8) is 0 Å². The number of para-hydroxylation sites is 1. The number of aromatic amines is 1. The van der Waals surface area contributed by atoms with Gasteiger partial charge in [0.2, 0.25) is 5.91 Å². The Morgan fingerprint density at radius 2 is 1.88 bits per heavy atom. The van der Waals surface area contributed by atoms with Crippen LogP contribution in [0.1, 0.15) is 18.0 Å². The molecule has 1 aromatic carbocycles. The number of carbonyl (C=O) groups is 1. The fourth-order valence-electron chi connectivity index (χ4n) is 5.07. The maximum absolute atomic E-state index is 12.6. The average Bonchev–Trinajstić information content (AvgIpc) is 2.77. The van der Waals surface area contributed by atoms with Crippen molar-refractivity contribution in [3.05, 3.63) is 79.4 Å². The van der Waals surface area contributed by atoms with Gasteiger partial charge in [0.05, 0.1) is 10.9 Å². The Morgan fingerprint density at radius 3 is 2.75 bits per heavy atom. The zero-order chi connectivity index (χ0) is 22.2. The van der Waals surface area contributed by atoms with E-state index in [1.54, 1.807) is 30.3 Å². The molecule has 4 heterocycles. The number of hydrogen-bond donors (Lipinski definition) is 2. The predicted molar refractivity (Wildman–Crippen MR) is 120 cm³/mol. The van der Waals surface area contributed by atoms with E-state index in [-0.39, 0.29) is 18.0 Å². The average molecular weight is 435 g/mol. The van der Waals surface area contributed by atoms with Crippen LogP contribution in [0.3, 0.4) is 0 Å². The normalized spacial score (nSPS) is 20.1. The van der Waals surface area contributed by atoms with Gasteiger partial charge >= 0.3 is 5.69 Å². The Bertz CT molecular complexity index is 1350. The SMILES string of the molecule is O=C(Cn1c(=O)[nH]c2ccccc2c1=O)NCCN1CC2CC(C1)c1cccc(=O)n1C2. The number of hydrogen-bond acceptors (Lipinski definition) is 5. The highest BCUT2D eigenvalue weighted by Gasteiger charge is 2.34. The molecule has 166 valence electrons. The molecule has 2 atom stereocenters. The highest BCUT2D eigenvalue weighted by molar-refractivity contribution is 5.78.